The van der Waals surface area contributed by atoms with E-state index in [0.717, 1.165) is 12.8 Å². The molecule has 3 nitrogen and oxygen atoms in total. The lowest BCUT2D eigenvalue weighted by Crippen LogP contribution is -2.39. The molecule has 1 atom stereocenters. The third kappa shape index (κ3) is 7.29. The fourth-order valence-electron chi connectivity index (χ4n) is 2.20. The number of rotatable bonds is 6. The van der Waals surface area contributed by atoms with Crippen LogP contribution in [0.15, 0.2) is 24.3 Å². The number of amides is 1. The van der Waals surface area contributed by atoms with Crippen molar-refractivity contribution in [2.75, 3.05) is 6.54 Å². The summed E-state index contributed by atoms with van der Waals surface area (Å²) < 4.78 is 0. The summed E-state index contributed by atoms with van der Waals surface area (Å²) in [5, 5.41) is 2.92. The monoisotopic (exact) mass is 276 g/mol. The predicted octanol–water partition coefficient (Wildman–Crippen LogP) is 2.81. The lowest BCUT2D eigenvalue weighted by Gasteiger charge is -2.23. The van der Waals surface area contributed by atoms with E-state index in [1.54, 1.807) is 0 Å². The van der Waals surface area contributed by atoms with E-state index in [-0.39, 0.29) is 17.4 Å². The maximum atomic E-state index is 11.8. The number of carbonyl (C=O) groups is 1. The molecule has 1 rings (SSSR count). The topological polar surface area (TPSA) is 55.1 Å². The van der Waals surface area contributed by atoms with Crippen molar-refractivity contribution < 1.29 is 4.79 Å². The Morgan fingerprint density at radius 1 is 1.25 bits per heavy atom. The van der Waals surface area contributed by atoms with Gasteiger partial charge in [-0.2, -0.15) is 0 Å². The Balaban J connectivity index is 2.25. The molecule has 0 heterocycles. The molecular weight excluding hydrogens is 248 g/mol. The summed E-state index contributed by atoms with van der Waals surface area (Å²) in [6.45, 7) is 9.10. The second kappa shape index (κ2) is 7.44. The molecule has 1 aromatic carbocycles. The largest absolute Gasteiger partial charge is 0.355 e. The normalized spacial score (nSPS) is 13.1. The van der Waals surface area contributed by atoms with Crippen molar-refractivity contribution >= 4 is 5.91 Å². The van der Waals surface area contributed by atoms with Gasteiger partial charge in [-0.25, -0.2) is 0 Å². The van der Waals surface area contributed by atoms with Crippen molar-refractivity contribution in [3.63, 3.8) is 0 Å². The minimum atomic E-state index is 0.0262. The van der Waals surface area contributed by atoms with Crippen molar-refractivity contribution in [1.29, 1.82) is 0 Å². The number of carbonyl (C=O) groups excluding carboxylic acids is 1. The summed E-state index contributed by atoms with van der Waals surface area (Å²) in [6, 6.07) is 8.33. The molecule has 0 saturated carbocycles. The van der Waals surface area contributed by atoms with Crippen molar-refractivity contribution in [2.45, 2.75) is 53.0 Å². The molecule has 0 spiro atoms. The zero-order valence-corrected chi connectivity index (χ0v) is 13.2. The van der Waals surface area contributed by atoms with Crippen LogP contribution in [0.3, 0.4) is 0 Å². The van der Waals surface area contributed by atoms with Crippen LogP contribution in [-0.2, 0) is 11.2 Å². The van der Waals surface area contributed by atoms with Crippen molar-refractivity contribution in [1.82, 2.24) is 5.32 Å². The third-order valence-corrected chi connectivity index (χ3v) is 3.20. The number of hydrogen-bond donors (Lipinski definition) is 2. The Kier molecular flexibility index (Phi) is 6.21. The molecule has 0 radical (unpaired) electrons. The first-order valence-corrected chi connectivity index (χ1v) is 7.34. The van der Waals surface area contributed by atoms with Crippen LogP contribution in [0.4, 0.5) is 0 Å². The maximum Gasteiger partial charge on any atom is 0.220 e. The van der Waals surface area contributed by atoms with E-state index in [4.69, 9.17) is 5.73 Å². The Morgan fingerprint density at radius 3 is 2.40 bits per heavy atom. The van der Waals surface area contributed by atoms with Gasteiger partial charge in [0.1, 0.15) is 0 Å². The first kappa shape index (κ1) is 16.7. The van der Waals surface area contributed by atoms with Crippen LogP contribution in [0.5, 0.6) is 0 Å². The SMILES string of the molecule is Cc1ccc(CCC(=O)NCC(N)CC(C)(C)C)cc1. The van der Waals surface area contributed by atoms with Crippen LogP contribution in [-0.4, -0.2) is 18.5 Å². The van der Waals surface area contributed by atoms with Crippen LogP contribution in [0.25, 0.3) is 0 Å². The zero-order chi connectivity index (χ0) is 15.2. The van der Waals surface area contributed by atoms with E-state index in [2.05, 4.69) is 57.3 Å². The van der Waals surface area contributed by atoms with E-state index >= 15 is 0 Å². The number of hydrogen-bond acceptors (Lipinski definition) is 2. The van der Waals surface area contributed by atoms with Crippen molar-refractivity contribution in [3.05, 3.63) is 35.4 Å². The number of aryl methyl sites for hydroxylation is 2. The van der Waals surface area contributed by atoms with Crippen LogP contribution in [0.1, 0.15) is 44.7 Å². The molecule has 20 heavy (non-hydrogen) atoms. The standard InChI is InChI=1S/C17H28N2O/c1-13-5-7-14(8-6-13)9-10-16(20)19-12-15(18)11-17(2,3)4/h5-8,15H,9-12,18H2,1-4H3,(H,19,20). The van der Waals surface area contributed by atoms with Crippen LogP contribution < -0.4 is 11.1 Å². The van der Waals surface area contributed by atoms with Gasteiger partial charge in [0.25, 0.3) is 0 Å². The summed E-state index contributed by atoms with van der Waals surface area (Å²) in [6.07, 6.45) is 2.21. The number of benzene rings is 1. The summed E-state index contributed by atoms with van der Waals surface area (Å²) in [4.78, 5) is 11.8. The van der Waals surface area contributed by atoms with Gasteiger partial charge in [0.05, 0.1) is 0 Å². The average Bonchev–Trinajstić information content (AvgIpc) is 2.33. The molecule has 3 N–H and O–H groups in total. The van der Waals surface area contributed by atoms with E-state index in [1.807, 2.05) is 0 Å². The summed E-state index contributed by atoms with van der Waals surface area (Å²) in [5.41, 5.74) is 8.66. The highest BCUT2D eigenvalue weighted by molar-refractivity contribution is 5.76. The molecule has 3 heteroatoms. The quantitative estimate of drug-likeness (QED) is 0.839. The molecule has 1 aromatic rings. The van der Waals surface area contributed by atoms with Gasteiger partial charge in [0.2, 0.25) is 5.91 Å². The van der Waals surface area contributed by atoms with E-state index < -0.39 is 0 Å². The van der Waals surface area contributed by atoms with Gasteiger partial charge in [-0.15, -0.1) is 0 Å². The second-order valence-electron chi connectivity index (χ2n) is 6.81. The Bertz CT molecular complexity index is 418. The average molecular weight is 276 g/mol. The van der Waals surface area contributed by atoms with Gasteiger partial charge < -0.3 is 11.1 Å². The van der Waals surface area contributed by atoms with Gasteiger partial charge in [-0.3, -0.25) is 4.79 Å². The number of nitrogens with two attached hydrogens (primary N) is 1. The number of nitrogens with one attached hydrogen (secondary N) is 1. The van der Waals surface area contributed by atoms with E-state index in [0.29, 0.717) is 13.0 Å². The lowest BCUT2D eigenvalue weighted by atomic mass is 9.88. The fraction of sp³-hybridized carbons (Fsp3) is 0.588. The van der Waals surface area contributed by atoms with Crippen LogP contribution in [0, 0.1) is 12.3 Å². The Hall–Kier alpha value is -1.35. The Labute approximate surface area is 122 Å². The molecule has 0 bridgehead atoms. The molecule has 0 aromatic heterocycles. The first-order chi connectivity index (χ1) is 9.26. The molecule has 0 fully saturated rings. The van der Waals surface area contributed by atoms with Gasteiger partial charge >= 0.3 is 0 Å². The lowest BCUT2D eigenvalue weighted by molar-refractivity contribution is -0.121. The van der Waals surface area contributed by atoms with Gasteiger partial charge in [0, 0.05) is 19.0 Å². The zero-order valence-electron chi connectivity index (χ0n) is 13.2. The molecule has 112 valence electrons. The van der Waals surface area contributed by atoms with Crippen LogP contribution >= 0.6 is 0 Å². The highest BCUT2D eigenvalue weighted by Crippen LogP contribution is 2.19. The highest BCUT2D eigenvalue weighted by atomic mass is 16.1. The molecule has 0 aliphatic carbocycles. The molecule has 1 unspecified atom stereocenters. The molecule has 1 amide bonds. The molecule has 0 saturated heterocycles. The van der Waals surface area contributed by atoms with Gasteiger partial charge in [0.15, 0.2) is 0 Å². The highest BCUT2D eigenvalue weighted by Gasteiger charge is 2.16. The minimum absolute atomic E-state index is 0.0262. The third-order valence-electron chi connectivity index (χ3n) is 3.20. The summed E-state index contributed by atoms with van der Waals surface area (Å²) in [5.74, 6) is 0.0786. The van der Waals surface area contributed by atoms with Crippen molar-refractivity contribution in [3.8, 4) is 0 Å². The van der Waals surface area contributed by atoms with Crippen molar-refractivity contribution in [2.24, 2.45) is 11.1 Å². The summed E-state index contributed by atoms with van der Waals surface area (Å²) >= 11 is 0. The van der Waals surface area contributed by atoms with E-state index in [9.17, 15) is 4.79 Å². The molecular formula is C17H28N2O. The summed E-state index contributed by atoms with van der Waals surface area (Å²) in [7, 11) is 0. The van der Waals surface area contributed by atoms with Gasteiger partial charge in [-0.05, 0) is 30.7 Å². The second-order valence-corrected chi connectivity index (χ2v) is 6.81. The smallest absolute Gasteiger partial charge is 0.220 e. The van der Waals surface area contributed by atoms with E-state index in [1.165, 1.54) is 11.1 Å². The van der Waals surface area contributed by atoms with Gasteiger partial charge in [-0.1, -0.05) is 50.6 Å². The molecule has 0 aliphatic heterocycles. The minimum Gasteiger partial charge on any atom is -0.355 e. The fourth-order valence-corrected chi connectivity index (χ4v) is 2.20. The molecule has 0 aliphatic rings. The van der Waals surface area contributed by atoms with Crippen LogP contribution in [0.2, 0.25) is 0 Å². The predicted molar refractivity (Wildman–Crippen MR) is 84.6 cm³/mol. The maximum absolute atomic E-state index is 11.8. The Morgan fingerprint density at radius 2 is 1.85 bits per heavy atom. The first-order valence-electron chi connectivity index (χ1n) is 7.34.